The maximum absolute atomic E-state index is 11.5. The minimum atomic E-state index is -0.257. The van der Waals surface area contributed by atoms with Crippen LogP contribution in [0.5, 0.6) is 0 Å². The quantitative estimate of drug-likeness (QED) is 0.393. The summed E-state index contributed by atoms with van der Waals surface area (Å²) in [4.78, 5) is 36.0. The van der Waals surface area contributed by atoms with E-state index in [1.54, 1.807) is 34.6 Å². The second kappa shape index (κ2) is 12.8. The van der Waals surface area contributed by atoms with Crippen LogP contribution in [0.25, 0.3) is 0 Å². The topological polar surface area (TPSA) is 82.1 Å². The lowest BCUT2D eigenvalue weighted by atomic mass is 10.2. The molecule has 0 aromatic carbocycles. The Labute approximate surface area is 144 Å². The molecule has 0 fully saturated rings. The van der Waals surface area contributed by atoms with Crippen molar-refractivity contribution in [2.45, 2.75) is 41.0 Å². The highest BCUT2D eigenvalue weighted by Gasteiger charge is 2.13. The van der Waals surface area contributed by atoms with Crippen LogP contribution in [-0.2, 0) is 28.6 Å². The average Bonchev–Trinajstić information content (AvgIpc) is 2.53. The molecule has 0 aliphatic carbocycles. The van der Waals surface area contributed by atoms with Crippen molar-refractivity contribution in [2.75, 3.05) is 39.5 Å². The van der Waals surface area contributed by atoms with Crippen molar-refractivity contribution in [1.82, 2.24) is 4.90 Å². The third kappa shape index (κ3) is 11.0. The largest absolute Gasteiger partial charge is 0.464 e. The van der Waals surface area contributed by atoms with Crippen molar-refractivity contribution in [3.63, 3.8) is 0 Å². The van der Waals surface area contributed by atoms with E-state index in [-0.39, 0.29) is 49.6 Å². The monoisotopic (exact) mass is 345 g/mol. The molecule has 0 aromatic rings. The molecule has 0 aromatic heterocycles. The first kappa shape index (κ1) is 22.4. The van der Waals surface area contributed by atoms with E-state index in [0.29, 0.717) is 26.1 Å². The second-order valence-corrected chi connectivity index (χ2v) is 6.06. The van der Waals surface area contributed by atoms with Gasteiger partial charge in [0.05, 0.1) is 11.8 Å². The Hall–Kier alpha value is -1.63. The summed E-state index contributed by atoms with van der Waals surface area (Å²) in [6.07, 6.45) is 0.331. The summed E-state index contributed by atoms with van der Waals surface area (Å²) < 4.78 is 15.4. The summed E-state index contributed by atoms with van der Waals surface area (Å²) in [7, 11) is 0. The molecule has 0 bridgehead atoms. The fourth-order valence-electron chi connectivity index (χ4n) is 1.61. The van der Waals surface area contributed by atoms with E-state index in [1.807, 2.05) is 4.90 Å². The lowest BCUT2D eigenvalue weighted by Crippen LogP contribution is -2.35. The zero-order chi connectivity index (χ0) is 18.5. The maximum Gasteiger partial charge on any atom is 0.308 e. The van der Waals surface area contributed by atoms with Gasteiger partial charge >= 0.3 is 17.9 Å². The predicted octanol–water partition coefficient (Wildman–Crippen LogP) is 1.64. The van der Waals surface area contributed by atoms with Crippen LogP contribution in [0.2, 0.25) is 0 Å². The van der Waals surface area contributed by atoms with Gasteiger partial charge in [-0.05, 0) is 0 Å². The van der Waals surface area contributed by atoms with Crippen LogP contribution >= 0.6 is 0 Å². The van der Waals surface area contributed by atoms with Crippen LogP contribution < -0.4 is 0 Å². The standard InChI is InChI=1S/C17H31NO6/c1-6-15(19)22-10-7-18(8-11-23-16(20)13(2)3)9-12-24-17(21)14(4)5/h13-14H,6-12H2,1-5H3. The van der Waals surface area contributed by atoms with E-state index in [1.165, 1.54) is 0 Å². The van der Waals surface area contributed by atoms with Crippen molar-refractivity contribution in [3.8, 4) is 0 Å². The number of nitrogens with zero attached hydrogens (tertiary/aromatic N) is 1. The van der Waals surface area contributed by atoms with Crippen molar-refractivity contribution < 1.29 is 28.6 Å². The molecule has 0 atom stereocenters. The third-order valence-corrected chi connectivity index (χ3v) is 3.21. The third-order valence-electron chi connectivity index (χ3n) is 3.21. The van der Waals surface area contributed by atoms with E-state index < -0.39 is 0 Å². The first-order chi connectivity index (χ1) is 11.3. The molecule has 0 unspecified atom stereocenters. The molecule has 0 saturated carbocycles. The Kier molecular flexibility index (Phi) is 11.9. The molecule has 0 radical (unpaired) electrons. The van der Waals surface area contributed by atoms with Gasteiger partial charge in [-0.2, -0.15) is 0 Å². The van der Waals surface area contributed by atoms with Crippen molar-refractivity contribution >= 4 is 17.9 Å². The van der Waals surface area contributed by atoms with Gasteiger partial charge in [-0.15, -0.1) is 0 Å². The first-order valence-electron chi connectivity index (χ1n) is 8.49. The molecular formula is C17H31NO6. The summed E-state index contributed by atoms with van der Waals surface area (Å²) in [6.45, 7) is 11.0. The van der Waals surface area contributed by atoms with Gasteiger partial charge in [-0.25, -0.2) is 0 Å². The number of esters is 3. The van der Waals surface area contributed by atoms with E-state index >= 15 is 0 Å². The molecule has 0 rings (SSSR count). The average molecular weight is 345 g/mol. The summed E-state index contributed by atoms with van der Waals surface area (Å²) in [5.41, 5.74) is 0. The van der Waals surface area contributed by atoms with Crippen LogP contribution in [0.3, 0.4) is 0 Å². The highest BCUT2D eigenvalue weighted by molar-refractivity contribution is 5.71. The second-order valence-electron chi connectivity index (χ2n) is 6.06. The first-order valence-corrected chi connectivity index (χ1v) is 8.49. The van der Waals surface area contributed by atoms with Gasteiger partial charge in [0.2, 0.25) is 0 Å². The Balaban J connectivity index is 4.24. The molecule has 0 aliphatic rings. The summed E-state index contributed by atoms with van der Waals surface area (Å²) in [5.74, 6) is -1.10. The molecule has 7 nitrogen and oxygen atoms in total. The zero-order valence-corrected chi connectivity index (χ0v) is 15.5. The predicted molar refractivity (Wildman–Crippen MR) is 89.3 cm³/mol. The maximum atomic E-state index is 11.5. The number of carbonyl (C=O) groups excluding carboxylic acids is 3. The van der Waals surface area contributed by atoms with E-state index in [9.17, 15) is 14.4 Å². The normalized spacial score (nSPS) is 11.0. The molecule has 0 saturated heterocycles. The Bertz CT molecular complexity index is 369. The SMILES string of the molecule is CCC(=O)OCCN(CCOC(=O)C(C)C)CCOC(=O)C(C)C. The fraction of sp³-hybridized carbons (Fsp3) is 0.824. The highest BCUT2D eigenvalue weighted by atomic mass is 16.5. The lowest BCUT2D eigenvalue weighted by molar-refractivity contribution is -0.148. The van der Waals surface area contributed by atoms with Crippen LogP contribution in [0.15, 0.2) is 0 Å². The van der Waals surface area contributed by atoms with Crippen molar-refractivity contribution in [1.29, 1.82) is 0 Å². The van der Waals surface area contributed by atoms with Crippen molar-refractivity contribution in [2.24, 2.45) is 11.8 Å². The smallest absolute Gasteiger partial charge is 0.308 e. The van der Waals surface area contributed by atoms with E-state index in [4.69, 9.17) is 14.2 Å². The van der Waals surface area contributed by atoms with Gasteiger partial charge in [0.25, 0.3) is 0 Å². The summed E-state index contributed by atoms with van der Waals surface area (Å²) in [5, 5.41) is 0. The number of hydrogen-bond acceptors (Lipinski definition) is 7. The highest BCUT2D eigenvalue weighted by Crippen LogP contribution is 1.99. The Morgan fingerprint density at radius 1 is 0.750 bits per heavy atom. The van der Waals surface area contributed by atoms with Gasteiger partial charge in [0.15, 0.2) is 0 Å². The van der Waals surface area contributed by atoms with Gasteiger partial charge in [-0.3, -0.25) is 19.3 Å². The molecule has 0 amide bonds. The Morgan fingerprint density at radius 3 is 1.46 bits per heavy atom. The molecule has 0 heterocycles. The molecule has 0 spiro atoms. The Morgan fingerprint density at radius 2 is 1.12 bits per heavy atom. The van der Waals surface area contributed by atoms with Crippen molar-refractivity contribution in [3.05, 3.63) is 0 Å². The number of rotatable bonds is 12. The van der Waals surface area contributed by atoms with E-state index in [2.05, 4.69) is 0 Å². The molecule has 140 valence electrons. The fourth-order valence-corrected chi connectivity index (χ4v) is 1.61. The van der Waals surface area contributed by atoms with Gasteiger partial charge in [0.1, 0.15) is 19.8 Å². The van der Waals surface area contributed by atoms with Crippen LogP contribution in [0.4, 0.5) is 0 Å². The summed E-state index contributed by atoms with van der Waals surface area (Å²) in [6, 6.07) is 0. The van der Waals surface area contributed by atoms with Gasteiger partial charge < -0.3 is 14.2 Å². The van der Waals surface area contributed by atoms with Gasteiger partial charge in [-0.1, -0.05) is 34.6 Å². The van der Waals surface area contributed by atoms with Gasteiger partial charge in [0, 0.05) is 26.1 Å². The lowest BCUT2D eigenvalue weighted by Gasteiger charge is -2.22. The molecule has 0 N–H and O–H groups in total. The molecule has 7 heteroatoms. The van der Waals surface area contributed by atoms with E-state index in [0.717, 1.165) is 0 Å². The minimum absolute atomic E-state index is 0.170. The minimum Gasteiger partial charge on any atom is -0.464 e. The zero-order valence-electron chi connectivity index (χ0n) is 15.5. The van der Waals surface area contributed by atoms with Crippen LogP contribution in [-0.4, -0.2) is 62.3 Å². The van der Waals surface area contributed by atoms with Crippen LogP contribution in [0.1, 0.15) is 41.0 Å². The number of ether oxygens (including phenoxy) is 3. The molecule has 0 aliphatic heterocycles. The number of hydrogen-bond donors (Lipinski definition) is 0. The summed E-state index contributed by atoms with van der Waals surface area (Å²) >= 11 is 0. The molecular weight excluding hydrogens is 314 g/mol. The molecule has 24 heavy (non-hydrogen) atoms. The van der Waals surface area contributed by atoms with Crippen LogP contribution in [0, 0.1) is 11.8 Å². The number of carbonyl (C=O) groups is 3.